The maximum atomic E-state index is 12.1. The number of nitrogens with one attached hydrogen (secondary N) is 3. The molecule has 28 heavy (non-hydrogen) atoms. The number of carboxylic acids is 1. The van der Waals surface area contributed by atoms with Gasteiger partial charge in [0, 0.05) is 0 Å². The van der Waals surface area contributed by atoms with Crippen LogP contribution in [0.15, 0.2) is 0 Å². The third kappa shape index (κ3) is 9.60. The lowest BCUT2D eigenvalue weighted by Crippen LogP contribution is -2.58. The summed E-state index contributed by atoms with van der Waals surface area (Å²) in [6.07, 6.45) is -1.16. The van der Waals surface area contributed by atoms with Crippen molar-refractivity contribution in [3.63, 3.8) is 0 Å². The Morgan fingerprint density at radius 2 is 1.57 bits per heavy atom. The number of carbonyl (C=O) groups is 4. The second-order valence-corrected chi connectivity index (χ2v) is 6.45. The van der Waals surface area contributed by atoms with Gasteiger partial charge in [0.05, 0.1) is 18.8 Å². The molecule has 12 heteroatoms. The van der Waals surface area contributed by atoms with Crippen LogP contribution in [-0.4, -0.2) is 82.4 Å². The summed E-state index contributed by atoms with van der Waals surface area (Å²) in [6, 6.07) is -3.83. The highest BCUT2D eigenvalue weighted by molar-refractivity contribution is 5.93. The first-order valence-electron chi connectivity index (χ1n) is 8.93. The van der Waals surface area contributed by atoms with Gasteiger partial charge in [-0.05, 0) is 39.7 Å². The van der Waals surface area contributed by atoms with E-state index in [1.165, 1.54) is 13.8 Å². The van der Waals surface area contributed by atoms with Crippen molar-refractivity contribution in [3.8, 4) is 0 Å². The molecule has 0 aliphatic heterocycles. The average Bonchev–Trinajstić information content (AvgIpc) is 2.61. The molecule has 0 aliphatic carbocycles. The molecule has 0 saturated heterocycles. The summed E-state index contributed by atoms with van der Waals surface area (Å²) >= 11 is 0. The van der Waals surface area contributed by atoms with Crippen molar-refractivity contribution in [1.82, 2.24) is 16.0 Å². The Bertz CT molecular complexity index is 541. The molecule has 0 saturated carbocycles. The number of aliphatic hydroxyl groups is 2. The molecule has 0 aromatic heterocycles. The molecule has 162 valence electrons. The second kappa shape index (κ2) is 13.0. The number of amides is 3. The van der Waals surface area contributed by atoms with Gasteiger partial charge in [-0.1, -0.05) is 0 Å². The number of aliphatic hydroxyl groups excluding tert-OH is 2. The van der Waals surface area contributed by atoms with E-state index in [4.69, 9.17) is 16.6 Å². The van der Waals surface area contributed by atoms with Crippen LogP contribution in [0.25, 0.3) is 0 Å². The normalized spacial score (nSPS) is 16.2. The average molecular weight is 405 g/mol. The van der Waals surface area contributed by atoms with Crippen molar-refractivity contribution in [2.24, 2.45) is 11.5 Å². The fourth-order valence-electron chi connectivity index (χ4n) is 2.15. The molecule has 0 rings (SSSR count). The molecule has 0 heterocycles. The van der Waals surface area contributed by atoms with Crippen LogP contribution in [0.5, 0.6) is 0 Å². The van der Waals surface area contributed by atoms with E-state index in [0.717, 1.165) is 0 Å². The Kier molecular flexibility index (Phi) is 11.9. The molecule has 0 radical (unpaired) electrons. The molecule has 10 N–H and O–H groups in total. The molecule has 5 unspecified atom stereocenters. The number of hydrogen-bond donors (Lipinski definition) is 8. The zero-order valence-corrected chi connectivity index (χ0v) is 16.1. The molecule has 0 fully saturated rings. The van der Waals surface area contributed by atoms with Crippen molar-refractivity contribution in [2.45, 2.75) is 63.4 Å². The standard InChI is InChI=1S/C16H31N5O7/c1-8(22)12(18)14(25)21-13(9(2)23)15(26)19-7-11(24)20-10(16(27)28)5-3-4-6-17/h8-10,12-13,22-23H,3-7,17-18H2,1-2H3,(H,19,26)(H,20,24)(H,21,25)(H,27,28). The zero-order valence-electron chi connectivity index (χ0n) is 16.1. The topological polar surface area (TPSA) is 217 Å². The van der Waals surface area contributed by atoms with Crippen LogP contribution >= 0.6 is 0 Å². The van der Waals surface area contributed by atoms with E-state index in [-0.39, 0.29) is 6.42 Å². The first-order valence-corrected chi connectivity index (χ1v) is 8.93. The third-order valence-corrected chi connectivity index (χ3v) is 3.89. The van der Waals surface area contributed by atoms with Crippen molar-refractivity contribution >= 4 is 23.7 Å². The van der Waals surface area contributed by atoms with Crippen LogP contribution in [0, 0.1) is 0 Å². The van der Waals surface area contributed by atoms with Gasteiger partial charge in [0.1, 0.15) is 18.1 Å². The van der Waals surface area contributed by atoms with E-state index in [2.05, 4.69) is 16.0 Å². The fourth-order valence-corrected chi connectivity index (χ4v) is 2.15. The fraction of sp³-hybridized carbons (Fsp3) is 0.750. The lowest BCUT2D eigenvalue weighted by Gasteiger charge is -2.23. The summed E-state index contributed by atoms with van der Waals surface area (Å²) in [4.78, 5) is 47.0. The summed E-state index contributed by atoms with van der Waals surface area (Å²) in [5.74, 6) is -3.68. The Balaban J connectivity index is 4.69. The summed E-state index contributed by atoms with van der Waals surface area (Å²) in [7, 11) is 0. The van der Waals surface area contributed by atoms with Crippen molar-refractivity contribution in [3.05, 3.63) is 0 Å². The zero-order chi connectivity index (χ0) is 21.9. The van der Waals surface area contributed by atoms with Gasteiger partial charge < -0.3 is 42.7 Å². The highest BCUT2D eigenvalue weighted by Crippen LogP contribution is 2.01. The van der Waals surface area contributed by atoms with Crippen LogP contribution in [0.1, 0.15) is 33.1 Å². The summed E-state index contributed by atoms with van der Waals surface area (Å²) in [5, 5.41) is 34.8. The SMILES string of the molecule is CC(O)C(N)C(=O)NC(C(=O)NCC(=O)NC(CCCCN)C(=O)O)C(C)O. The summed E-state index contributed by atoms with van der Waals surface area (Å²) in [5.41, 5.74) is 10.8. The molecule has 0 aromatic rings. The van der Waals surface area contributed by atoms with Gasteiger partial charge in [0.15, 0.2) is 0 Å². The van der Waals surface area contributed by atoms with Gasteiger partial charge in [0.2, 0.25) is 17.7 Å². The van der Waals surface area contributed by atoms with Crippen LogP contribution in [0.3, 0.4) is 0 Å². The Morgan fingerprint density at radius 3 is 2.04 bits per heavy atom. The number of hydrogen-bond acceptors (Lipinski definition) is 8. The molecule has 5 atom stereocenters. The van der Waals surface area contributed by atoms with Crippen molar-refractivity contribution in [2.75, 3.05) is 13.1 Å². The predicted molar refractivity (Wildman–Crippen MR) is 98.7 cm³/mol. The molecule has 0 spiro atoms. The van der Waals surface area contributed by atoms with Gasteiger partial charge in [-0.3, -0.25) is 14.4 Å². The molecule has 0 bridgehead atoms. The smallest absolute Gasteiger partial charge is 0.326 e. The highest BCUT2D eigenvalue weighted by atomic mass is 16.4. The Labute approximate surface area is 163 Å². The van der Waals surface area contributed by atoms with Gasteiger partial charge >= 0.3 is 5.97 Å². The van der Waals surface area contributed by atoms with Crippen molar-refractivity contribution in [1.29, 1.82) is 0 Å². The second-order valence-electron chi connectivity index (χ2n) is 6.45. The predicted octanol–water partition coefficient (Wildman–Crippen LogP) is -3.63. The maximum absolute atomic E-state index is 12.1. The van der Waals surface area contributed by atoms with Gasteiger partial charge in [-0.2, -0.15) is 0 Å². The quantitative estimate of drug-likeness (QED) is 0.142. The van der Waals surface area contributed by atoms with Gasteiger partial charge in [-0.15, -0.1) is 0 Å². The van der Waals surface area contributed by atoms with E-state index in [1.54, 1.807) is 0 Å². The third-order valence-electron chi connectivity index (χ3n) is 3.89. The van der Waals surface area contributed by atoms with E-state index in [1.807, 2.05) is 0 Å². The number of carboxylic acid groups (broad SMARTS) is 1. The number of rotatable bonds is 13. The summed E-state index contributed by atoms with van der Waals surface area (Å²) < 4.78 is 0. The largest absolute Gasteiger partial charge is 0.480 e. The van der Waals surface area contributed by atoms with Gasteiger partial charge in [0.25, 0.3) is 0 Å². The number of unbranched alkanes of at least 4 members (excludes halogenated alkanes) is 1. The van der Waals surface area contributed by atoms with Crippen LogP contribution in [0.2, 0.25) is 0 Å². The van der Waals surface area contributed by atoms with E-state index in [0.29, 0.717) is 19.4 Å². The minimum Gasteiger partial charge on any atom is -0.480 e. The minimum absolute atomic E-state index is 0.190. The minimum atomic E-state index is -1.41. The maximum Gasteiger partial charge on any atom is 0.326 e. The molecule has 0 aromatic carbocycles. The number of carbonyl (C=O) groups excluding carboxylic acids is 3. The lowest BCUT2D eigenvalue weighted by molar-refractivity contribution is -0.142. The number of nitrogens with two attached hydrogens (primary N) is 2. The monoisotopic (exact) mass is 405 g/mol. The van der Waals surface area contributed by atoms with E-state index in [9.17, 15) is 29.4 Å². The molecular weight excluding hydrogens is 374 g/mol. The Hall–Kier alpha value is -2.28. The van der Waals surface area contributed by atoms with E-state index >= 15 is 0 Å². The first-order chi connectivity index (χ1) is 13.0. The molecule has 12 nitrogen and oxygen atoms in total. The van der Waals surface area contributed by atoms with Crippen LogP contribution < -0.4 is 27.4 Å². The highest BCUT2D eigenvalue weighted by Gasteiger charge is 2.29. The first kappa shape index (κ1) is 25.7. The van der Waals surface area contributed by atoms with Crippen LogP contribution in [0.4, 0.5) is 0 Å². The molecular formula is C16H31N5O7. The lowest BCUT2D eigenvalue weighted by atomic mass is 10.1. The molecule has 0 aliphatic rings. The van der Waals surface area contributed by atoms with Crippen LogP contribution in [-0.2, 0) is 19.2 Å². The van der Waals surface area contributed by atoms with E-state index < -0.39 is 60.6 Å². The Morgan fingerprint density at radius 1 is 0.964 bits per heavy atom. The summed E-state index contributed by atoms with van der Waals surface area (Å²) in [6.45, 7) is 2.39. The van der Waals surface area contributed by atoms with Gasteiger partial charge in [-0.25, -0.2) is 4.79 Å². The number of aliphatic carboxylic acids is 1. The van der Waals surface area contributed by atoms with Crippen molar-refractivity contribution < 1.29 is 34.5 Å². The molecule has 3 amide bonds.